The average Bonchev–Trinajstić information content (AvgIpc) is 2.73. The standard InChI is InChI=1S/C22H17FN4O2/c1-24-22(28)19-13-16(10-11-25-19)29-20-7-3-6-18-17(20)8-9-21(27-18)26-15-5-2-4-14(23)12-15/h2-13H,1H3,(H,24,28)(H,26,27). The molecule has 0 aliphatic heterocycles. The molecular formula is C22H17FN4O2. The van der Waals surface area contributed by atoms with E-state index in [0.717, 1.165) is 5.39 Å². The second-order valence-corrected chi connectivity index (χ2v) is 6.21. The highest BCUT2D eigenvalue weighted by Gasteiger charge is 2.09. The molecule has 0 unspecified atom stereocenters. The Balaban J connectivity index is 1.62. The molecule has 0 bridgehead atoms. The van der Waals surface area contributed by atoms with Gasteiger partial charge >= 0.3 is 0 Å². The van der Waals surface area contributed by atoms with Crippen LogP contribution in [0.1, 0.15) is 10.5 Å². The molecule has 6 nitrogen and oxygen atoms in total. The summed E-state index contributed by atoms with van der Waals surface area (Å²) in [6.07, 6.45) is 1.52. The lowest BCUT2D eigenvalue weighted by Crippen LogP contribution is -2.18. The van der Waals surface area contributed by atoms with Crippen LogP contribution in [0.15, 0.2) is 72.9 Å². The largest absolute Gasteiger partial charge is 0.457 e. The van der Waals surface area contributed by atoms with Gasteiger partial charge in [0.05, 0.1) is 5.52 Å². The normalized spacial score (nSPS) is 10.6. The number of hydrogen-bond donors (Lipinski definition) is 2. The van der Waals surface area contributed by atoms with Gasteiger partial charge in [-0.05, 0) is 48.5 Å². The van der Waals surface area contributed by atoms with E-state index in [1.807, 2.05) is 24.3 Å². The van der Waals surface area contributed by atoms with E-state index in [0.29, 0.717) is 28.5 Å². The van der Waals surface area contributed by atoms with Gasteiger partial charge in [0.15, 0.2) is 0 Å². The first-order valence-electron chi connectivity index (χ1n) is 8.91. The van der Waals surface area contributed by atoms with Crippen molar-refractivity contribution >= 4 is 28.3 Å². The topological polar surface area (TPSA) is 76.1 Å². The maximum absolute atomic E-state index is 13.4. The van der Waals surface area contributed by atoms with Crippen LogP contribution in [0.25, 0.3) is 10.9 Å². The first kappa shape index (κ1) is 18.4. The zero-order valence-electron chi connectivity index (χ0n) is 15.5. The first-order valence-corrected chi connectivity index (χ1v) is 8.91. The smallest absolute Gasteiger partial charge is 0.269 e. The number of nitrogens with one attached hydrogen (secondary N) is 2. The third-order valence-corrected chi connectivity index (χ3v) is 4.21. The molecule has 0 spiro atoms. The third-order valence-electron chi connectivity index (χ3n) is 4.21. The van der Waals surface area contributed by atoms with Gasteiger partial charge < -0.3 is 15.4 Å². The molecule has 29 heavy (non-hydrogen) atoms. The van der Waals surface area contributed by atoms with Gasteiger partial charge in [0, 0.05) is 30.4 Å². The minimum absolute atomic E-state index is 0.268. The van der Waals surface area contributed by atoms with E-state index in [4.69, 9.17) is 4.74 Å². The Bertz CT molecular complexity index is 1200. The predicted molar refractivity (Wildman–Crippen MR) is 109 cm³/mol. The van der Waals surface area contributed by atoms with E-state index >= 15 is 0 Å². The molecule has 0 radical (unpaired) electrons. The third kappa shape index (κ3) is 4.14. The molecule has 0 aliphatic rings. The van der Waals surface area contributed by atoms with Crippen molar-refractivity contribution in [1.29, 1.82) is 0 Å². The van der Waals surface area contributed by atoms with E-state index in [-0.39, 0.29) is 17.4 Å². The van der Waals surface area contributed by atoms with Crippen molar-refractivity contribution in [3.8, 4) is 11.5 Å². The number of anilines is 2. The maximum atomic E-state index is 13.4. The number of amides is 1. The number of rotatable bonds is 5. The van der Waals surface area contributed by atoms with Gasteiger partial charge in [-0.25, -0.2) is 9.37 Å². The molecule has 4 aromatic rings. The van der Waals surface area contributed by atoms with Gasteiger partial charge in [-0.15, -0.1) is 0 Å². The van der Waals surface area contributed by atoms with Crippen molar-refractivity contribution in [1.82, 2.24) is 15.3 Å². The van der Waals surface area contributed by atoms with Crippen LogP contribution < -0.4 is 15.4 Å². The van der Waals surface area contributed by atoms with Gasteiger partial charge in [0.25, 0.3) is 5.91 Å². The molecule has 144 valence electrons. The highest BCUT2D eigenvalue weighted by molar-refractivity contribution is 5.92. The molecule has 0 fully saturated rings. The van der Waals surface area contributed by atoms with E-state index in [1.54, 1.807) is 37.4 Å². The Labute approximate surface area is 166 Å². The Morgan fingerprint density at radius 1 is 1.03 bits per heavy atom. The molecule has 0 saturated heterocycles. The van der Waals surface area contributed by atoms with E-state index < -0.39 is 0 Å². The number of nitrogens with zero attached hydrogens (tertiary/aromatic N) is 2. The zero-order chi connectivity index (χ0) is 20.2. The lowest BCUT2D eigenvalue weighted by molar-refractivity contribution is 0.0958. The Kier molecular flexibility index (Phi) is 5.03. The van der Waals surface area contributed by atoms with Crippen LogP contribution in [0.5, 0.6) is 11.5 Å². The van der Waals surface area contributed by atoms with Gasteiger partial charge in [-0.1, -0.05) is 12.1 Å². The summed E-state index contributed by atoms with van der Waals surface area (Å²) in [5.41, 5.74) is 1.59. The lowest BCUT2D eigenvalue weighted by atomic mass is 10.2. The summed E-state index contributed by atoms with van der Waals surface area (Å²) < 4.78 is 19.3. The van der Waals surface area contributed by atoms with Crippen LogP contribution in [-0.2, 0) is 0 Å². The fourth-order valence-corrected chi connectivity index (χ4v) is 2.85. The van der Waals surface area contributed by atoms with Gasteiger partial charge in [-0.3, -0.25) is 9.78 Å². The van der Waals surface area contributed by atoms with Gasteiger partial charge in [-0.2, -0.15) is 0 Å². The quantitative estimate of drug-likeness (QED) is 0.520. The number of ether oxygens (including phenoxy) is 1. The summed E-state index contributed by atoms with van der Waals surface area (Å²) in [6.45, 7) is 0. The summed E-state index contributed by atoms with van der Waals surface area (Å²) in [6, 6.07) is 18.6. The van der Waals surface area contributed by atoms with Crippen molar-refractivity contribution in [2.75, 3.05) is 12.4 Å². The van der Waals surface area contributed by atoms with Crippen LogP contribution >= 0.6 is 0 Å². The van der Waals surface area contributed by atoms with Gasteiger partial charge in [0.2, 0.25) is 0 Å². The Morgan fingerprint density at radius 3 is 2.72 bits per heavy atom. The number of benzene rings is 2. The molecule has 0 atom stereocenters. The molecular weight excluding hydrogens is 371 g/mol. The van der Waals surface area contributed by atoms with E-state index in [1.165, 1.54) is 18.3 Å². The molecule has 0 aliphatic carbocycles. The summed E-state index contributed by atoms with van der Waals surface area (Å²) in [5, 5.41) is 6.42. The molecule has 7 heteroatoms. The minimum atomic E-state index is -0.319. The number of hydrogen-bond acceptors (Lipinski definition) is 5. The molecule has 2 heterocycles. The van der Waals surface area contributed by atoms with Crippen LogP contribution in [-0.4, -0.2) is 22.9 Å². The highest BCUT2D eigenvalue weighted by Crippen LogP contribution is 2.30. The van der Waals surface area contributed by atoms with Crippen LogP contribution in [0.4, 0.5) is 15.9 Å². The number of carbonyl (C=O) groups excluding carboxylic acids is 1. The molecule has 2 aromatic heterocycles. The molecule has 1 amide bonds. The van der Waals surface area contributed by atoms with Crippen molar-refractivity contribution in [3.05, 3.63) is 84.4 Å². The number of halogens is 1. The SMILES string of the molecule is CNC(=O)c1cc(Oc2cccc3nc(Nc4cccc(F)c4)ccc23)ccn1. The van der Waals surface area contributed by atoms with E-state index in [2.05, 4.69) is 20.6 Å². The van der Waals surface area contributed by atoms with Crippen molar-refractivity contribution < 1.29 is 13.9 Å². The van der Waals surface area contributed by atoms with E-state index in [9.17, 15) is 9.18 Å². The zero-order valence-corrected chi connectivity index (χ0v) is 15.5. The number of pyridine rings is 2. The van der Waals surface area contributed by atoms with Crippen molar-refractivity contribution in [2.24, 2.45) is 0 Å². The fourth-order valence-electron chi connectivity index (χ4n) is 2.85. The maximum Gasteiger partial charge on any atom is 0.269 e. The second-order valence-electron chi connectivity index (χ2n) is 6.21. The number of fused-ring (bicyclic) bond motifs is 1. The fraction of sp³-hybridized carbons (Fsp3) is 0.0455. The lowest BCUT2D eigenvalue weighted by Gasteiger charge is -2.11. The predicted octanol–water partition coefficient (Wildman–Crippen LogP) is 4.66. The summed E-state index contributed by atoms with van der Waals surface area (Å²) >= 11 is 0. The van der Waals surface area contributed by atoms with Crippen LogP contribution in [0.2, 0.25) is 0 Å². The first-order chi connectivity index (χ1) is 14.1. The van der Waals surface area contributed by atoms with Crippen molar-refractivity contribution in [2.45, 2.75) is 0 Å². The van der Waals surface area contributed by atoms with Crippen LogP contribution in [0, 0.1) is 5.82 Å². The highest BCUT2D eigenvalue weighted by atomic mass is 19.1. The molecule has 2 N–H and O–H groups in total. The Morgan fingerprint density at radius 2 is 1.90 bits per heavy atom. The summed E-state index contributed by atoms with van der Waals surface area (Å²) in [4.78, 5) is 20.4. The number of aromatic nitrogens is 2. The summed E-state index contributed by atoms with van der Waals surface area (Å²) in [7, 11) is 1.55. The second kappa shape index (κ2) is 7.93. The molecule has 2 aromatic carbocycles. The average molecular weight is 388 g/mol. The number of carbonyl (C=O) groups is 1. The van der Waals surface area contributed by atoms with Crippen LogP contribution in [0.3, 0.4) is 0 Å². The molecule has 4 rings (SSSR count). The summed E-state index contributed by atoms with van der Waals surface area (Å²) in [5.74, 6) is 1.07. The monoisotopic (exact) mass is 388 g/mol. The molecule has 0 saturated carbocycles. The van der Waals surface area contributed by atoms with Crippen molar-refractivity contribution in [3.63, 3.8) is 0 Å². The Hall–Kier alpha value is -4.00. The minimum Gasteiger partial charge on any atom is -0.457 e. The van der Waals surface area contributed by atoms with Gasteiger partial charge in [0.1, 0.15) is 28.8 Å².